The molecule has 2 unspecified atom stereocenters. The molecule has 8 heteroatoms. The molecule has 2 aliphatic heterocycles. The first-order valence-electron chi connectivity index (χ1n) is 7.36. The molecule has 3 heterocycles. The molecule has 0 bridgehead atoms. The molecule has 23 heavy (non-hydrogen) atoms. The number of oxazole rings is 1. The number of benzene rings is 1. The van der Waals surface area contributed by atoms with Crippen LogP contribution in [0.3, 0.4) is 0 Å². The highest BCUT2D eigenvalue weighted by Gasteiger charge is 2.52. The van der Waals surface area contributed by atoms with Gasteiger partial charge in [0.25, 0.3) is 0 Å². The molecule has 7 nitrogen and oxygen atoms in total. The monoisotopic (exact) mass is 333 g/mol. The number of fused-ring (bicyclic) bond motifs is 2. The van der Waals surface area contributed by atoms with Crippen LogP contribution in [-0.4, -0.2) is 38.4 Å². The molecule has 2 saturated heterocycles. The summed E-state index contributed by atoms with van der Waals surface area (Å²) in [5, 5.41) is 2.83. The third kappa shape index (κ3) is 2.24. The van der Waals surface area contributed by atoms with E-state index in [1.54, 1.807) is 34.9 Å². The minimum absolute atomic E-state index is 0.0345. The van der Waals surface area contributed by atoms with Crippen molar-refractivity contribution in [2.45, 2.75) is 30.7 Å². The lowest BCUT2D eigenvalue weighted by atomic mass is 10.2. The summed E-state index contributed by atoms with van der Waals surface area (Å²) in [5.74, 6) is -0.109. The second kappa shape index (κ2) is 4.89. The van der Waals surface area contributed by atoms with Crippen LogP contribution in [0.4, 0.5) is 5.69 Å². The lowest BCUT2D eigenvalue weighted by Gasteiger charge is -2.29. The van der Waals surface area contributed by atoms with Gasteiger partial charge in [0.2, 0.25) is 11.8 Å². The molecule has 0 aliphatic carbocycles. The molecule has 2 aliphatic rings. The van der Waals surface area contributed by atoms with Gasteiger partial charge in [0.15, 0.2) is 5.58 Å². The number of nitrogens with zero attached hydrogens (tertiary/aromatic N) is 1. The number of anilines is 1. The van der Waals surface area contributed by atoms with Crippen molar-refractivity contribution in [2.75, 3.05) is 11.1 Å². The Labute approximate surface area is 135 Å². The first-order chi connectivity index (χ1) is 11.0. The Morgan fingerprint density at radius 1 is 1.48 bits per heavy atom. The number of nitrogens with one attached hydrogen (secondary N) is 2. The Balaban J connectivity index is 1.57. The molecule has 1 aromatic carbocycles. The normalized spacial score (nSPS) is 26.7. The second-order valence-electron chi connectivity index (χ2n) is 5.98. The summed E-state index contributed by atoms with van der Waals surface area (Å²) >= 11 is 1.65. The van der Waals surface area contributed by atoms with Crippen LogP contribution in [0.15, 0.2) is 27.4 Å². The van der Waals surface area contributed by atoms with Crippen LogP contribution in [0.1, 0.15) is 19.8 Å². The van der Waals surface area contributed by atoms with Crippen molar-refractivity contribution in [1.82, 2.24) is 9.88 Å². The third-order valence-electron chi connectivity index (χ3n) is 4.43. The molecule has 0 radical (unpaired) electrons. The molecular formula is C15H15N3O4S. The van der Waals surface area contributed by atoms with Crippen LogP contribution >= 0.6 is 11.8 Å². The first kappa shape index (κ1) is 14.4. The van der Waals surface area contributed by atoms with E-state index in [9.17, 15) is 14.4 Å². The summed E-state index contributed by atoms with van der Waals surface area (Å²) in [5.41, 5.74) is 1.52. The van der Waals surface area contributed by atoms with Gasteiger partial charge in [0.1, 0.15) is 6.04 Å². The van der Waals surface area contributed by atoms with Gasteiger partial charge in [-0.2, -0.15) is 0 Å². The number of thioether (sulfide) groups is 1. The Kier molecular flexibility index (Phi) is 3.06. The number of amides is 2. The minimum Gasteiger partial charge on any atom is -0.408 e. The van der Waals surface area contributed by atoms with Crippen molar-refractivity contribution in [3.05, 3.63) is 28.7 Å². The lowest BCUT2D eigenvalue weighted by Crippen LogP contribution is -2.48. The fourth-order valence-electron chi connectivity index (χ4n) is 3.27. The number of aromatic nitrogens is 1. The molecule has 2 amide bonds. The fraction of sp³-hybridized carbons (Fsp3) is 0.400. The standard InChI is InChI=1S/C15H15N3O4S/c1-15-5-4-12(19)18(15)10(7-23-15)13(20)16-8-2-3-11-9(6-8)17-14(21)22-11/h2-3,6,10H,4-5,7H2,1H3,(H,16,20)(H,17,21). The Morgan fingerprint density at radius 3 is 3.13 bits per heavy atom. The molecule has 1 aromatic heterocycles. The molecule has 4 rings (SSSR count). The number of hydrogen-bond donors (Lipinski definition) is 2. The summed E-state index contributed by atoms with van der Waals surface area (Å²) in [6.07, 6.45) is 1.28. The molecule has 120 valence electrons. The van der Waals surface area contributed by atoms with E-state index in [1.165, 1.54) is 0 Å². The first-order valence-corrected chi connectivity index (χ1v) is 8.35. The number of hydrogen-bond acceptors (Lipinski definition) is 5. The predicted molar refractivity (Wildman–Crippen MR) is 86.2 cm³/mol. The van der Waals surface area contributed by atoms with E-state index in [2.05, 4.69) is 10.3 Å². The summed E-state index contributed by atoms with van der Waals surface area (Å²) < 4.78 is 4.93. The molecule has 0 spiro atoms. The van der Waals surface area contributed by atoms with E-state index in [-0.39, 0.29) is 16.7 Å². The molecule has 2 N–H and O–H groups in total. The van der Waals surface area contributed by atoms with Crippen molar-refractivity contribution < 1.29 is 14.0 Å². The highest BCUT2D eigenvalue weighted by Crippen LogP contribution is 2.47. The highest BCUT2D eigenvalue weighted by molar-refractivity contribution is 8.01. The van der Waals surface area contributed by atoms with Gasteiger partial charge in [-0.1, -0.05) is 0 Å². The highest BCUT2D eigenvalue weighted by atomic mass is 32.2. The van der Waals surface area contributed by atoms with Crippen molar-refractivity contribution in [2.24, 2.45) is 0 Å². The van der Waals surface area contributed by atoms with Gasteiger partial charge in [0, 0.05) is 17.9 Å². The Hall–Kier alpha value is -2.22. The zero-order valence-electron chi connectivity index (χ0n) is 12.4. The van der Waals surface area contributed by atoms with Gasteiger partial charge in [-0.25, -0.2) is 4.79 Å². The van der Waals surface area contributed by atoms with Gasteiger partial charge in [0.05, 0.1) is 10.4 Å². The van der Waals surface area contributed by atoms with E-state index >= 15 is 0 Å². The summed E-state index contributed by atoms with van der Waals surface area (Å²) in [6.45, 7) is 2.01. The van der Waals surface area contributed by atoms with Crippen molar-refractivity contribution >= 4 is 40.4 Å². The number of rotatable bonds is 2. The van der Waals surface area contributed by atoms with E-state index in [4.69, 9.17) is 4.42 Å². The maximum absolute atomic E-state index is 12.6. The quantitative estimate of drug-likeness (QED) is 0.869. The van der Waals surface area contributed by atoms with Crippen LogP contribution in [0.5, 0.6) is 0 Å². The van der Waals surface area contributed by atoms with Crippen LogP contribution in [-0.2, 0) is 9.59 Å². The SMILES string of the molecule is CC12CCC(=O)N1C(C(=O)Nc1ccc3oc(=O)[nH]c3c1)CS2. The van der Waals surface area contributed by atoms with E-state index < -0.39 is 11.8 Å². The van der Waals surface area contributed by atoms with Crippen LogP contribution < -0.4 is 11.1 Å². The fourth-order valence-corrected chi connectivity index (χ4v) is 4.70. The largest absolute Gasteiger partial charge is 0.417 e. The van der Waals surface area contributed by atoms with Crippen molar-refractivity contribution in [3.8, 4) is 0 Å². The van der Waals surface area contributed by atoms with Gasteiger partial charge >= 0.3 is 5.76 Å². The molecule has 2 atom stereocenters. The maximum atomic E-state index is 12.6. The van der Waals surface area contributed by atoms with E-state index in [0.717, 1.165) is 6.42 Å². The summed E-state index contributed by atoms with van der Waals surface area (Å²) in [4.78, 5) is 39.8. The number of carbonyl (C=O) groups is 2. The lowest BCUT2D eigenvalue weighted by molar-refractivity contribution is -0.135. The number of H-pyrrole nitrogens is 1. The zero-order chi connectivity index (χ0) is 16.2. The Bertz CT molecular complexity index is 873. The molecule has 0 saturated carbocycles. The number of carbonyl (C=O) groups excluding carboxylic acids is 2. The third-order valence-corrected chi connectivity index (χ3v) is 5.94. The molecule has 2 aromatic rings. The van der Waals surface area contributed by atoms with Crippen molar-refractivity contribution in [1.29, 1.82) is 0 Å². The average molecular weight is 333 g/mol. The van der Waals surface area contributed by atoms with E-state index in [1.807, 2.05) is 6.92 Å². The minimum atomic E-state index is -0.533. The Morgan fingerprint density at radius 2 is 2.30 bits per heavy atom. The smallest absolute Gasteiger partial charge is 0.408 e. The predicted octanol–water partition coefficient (Wildman–Crippen LogP) is 1.51. The number of aromatic amines is 1. The second-order valence-corrected chi connectivity index (χ2v) is 7.48. The maximum Gasteiger partial charge on any atom is 0.417 e. The van der Waals surface area contributed by atoms with Gasteiger partial charge in [-0.3, -0.25) is 14.6 Å². The van der Waals surface area contributed by atoms with Crippen LogP contribution in [0.25, 0.3) is 11.1 Å². The van der Waals surface area contributed by atoms with Gasteiger partial charge in [-0.15, -0.1) is 11.8 Å². The molecule has 2 fully saturated rings. The topological polar surface area (TPSA) is 95.4 Å². The summed E-state index contributed by atoms with van der Waals surface area (Å²) in [7, 11) is 0. The van der Waals surface area contributed by atoms with Crippen LogP contribution in [0.2, 0.25) is 0 Å². The van der Waals surface area contributed by atoms with Gasteiger partial charge in [-0.05, 0) is 31.5 Å². The average Bonchev–Trinajstić information content (AvgIpc) is 3.12. The van der Waals surface area contributed by atoms with E-state index in [0.29, 0.717) is 29.0 Å². The molecular weight excluding hydrogens is 318 g/mol. The zero-order valence-corrected chi connectivity index (χ0v) is 13.2. The van der Waals surface area contributed by atoms with Gasteiger partial charge < -0.3 is 14.6 Å². The summed E-state index contributed by atoms with van der Waals surface area (Å²) in [6, 6.07) is 4.48. The van der Waals surface area contributed by atoms with Crippen molar-refractivity contribution in [3.63, 3.8) is 0 Å². The van der Waals surface area contributed by atoms with Crippen LogP contribution in [0, 0.1) is 0 Å².